The number of carbonyl (C=O) groups is 1. The number of nitrogens with one attached hydrogen (secondary N) is 1. The molecule has 1 amide bonds. The first kappa shape index (κ1) is 26.4. The zero-order valence-electron chi connectivity index (χ0n) is 22.2. The van der Waals surface area contributed by atoms with Gasteiger partial charge < -0.3 is 9.47 Å². The predicted molar refractivity (Wildman–Crippen MR) is 158 cm³/mol. The van der Waals surface area contributed by atoms with Crippen LogP contribution in [0.3, 0.4) is 0 Å². The Labute approximate surface area is 232 Å². The van der Waals surface area contributed by atoms with Crippen LogP contribution < -0.4 is 9.47 Å². The quantitative estimate of drug-likeness (QED) is 0.244. The molecule has 3 aromatic carbocycles. The Kier molecular flexibility index (Phi) is 7.93. The maximum Gasteiger partial charge on any atom is 0.283 e. The molecule has 3 aromatic rings. The fraction of sp³-hybridized carbons (Fsp3) is 0.226. The van der Waals surface area contributed by atoms with Crippen molar-refractivity contribution >= 4 is 39.8 Å². The van der Waals surface area contributed by atoms with Crippen LogP contribution in [0.25, 0.3) is 6.08 Å². The summed E-state index contributed by atoms with van der Waals surface area (Å²) in [5.74, 6) is 1.53. The highest BCUT2D eigenvalue weighted by molar-refractivity contribution is 8.27. The molecule has 198 valence electrons. The van der Waals surface area contributed by atoms with Crippen LogP contribution >= 0.6 is 11.8 Å². The minimum absolute atomic E-state index is 0.00122. The molecule has 2 heterocycles. The van der Waals surface area contributed by atoms with Crippen molar-refractivity contribution in [1.29, 1.82) is 5.41 Å². The van der Waals surface area contributed by atoms with Gasteiger partial charge >= 0.3 is 0 Å². The molecule has 5 rings (SSSR count). The number of aryl methyl sites for hydroxylation is 1. The first-order chi connectivity index (χ1) is 18.9. The molecule has 0 fully saturated rings. The number of rotatable bonds is 9. The van der Waals surface area contributed by atoms with E-state index in [1.54, 1.807) is 6.08 Å². The van der Waals surface area contributed by atoms with Crippen molar-refractivity contribution in [3.05, 3.63) is 101 Å². The third-order valence-electron chi connectivity index (χ3n) is 6.60. The number of hydrogen-bond acceptors (Lipinski definition) is 6. The van der Waals surface area contributed by atoms with Gasteiger partial charge in [-0.15, -0.1) is 0 Å². The van der Waals surface area contributed by atoms with Crippen LogP contribution in [0.15, 0.2) is 88.5 Å². The fourth-order valence-electron chi connectivity index (χ4n) is 4.11. The number of benzene rings is 3. The van der Waals surface area contributed by atoms with Gasteiger partial charge in [-0.3, -0.25) is 10.2 Å². The molecule has 1 unspecified atom stereocenters. The first-order valence-electron chi connectivity index (χ1n) is 12.9. The Hall–Kier alpha value is -4.17. The van der Waals surface area contributed by atoms with Crippen LogP contribution in [0.4, 0.5) is 0 Å². The van der Waals surface area contributed by atoms with Gasteiger partial charge in [0.25, 0.3) is 5.91 Å². The van der Waals surface area contributed by atoms with Gasteiger partial charge in [0.05, 0.1) is 5.57 Å². The molecular formula is C31H30N4O3S. The maximum absolute atomic E-state index is 12.8. The smallest absolute Gasteiger partial charge is 0.283 e. The van der Waals surface area contributed by atoms with Crippen molar-refractivity contribution in [2.75, 3.05) is 13.2 Å². The second kappa shape index (κ2) is 11.7. The number of nitrogens with zero attached hydrogens (tertiary/aromatic N) is 3. The molecule has 0 saturated heterocycles. The number of aliphatic imine (C=N–C) groups is 1. The lowest BCUT2D eigenvalue weighted by Crippen LogP contribution is -2.35. The van der Waals surface area contributed by atoms with Crippen molar-refractivity contribution in [3.63, 3.8) is 0 Å². The lowest BCUT2D eigenvalue weighted by Gasteiger charge is -2.20. The number of hydrogen-bond donors (Lipinski definition) is 1. The molecule has 0 bridgehead atoms. The van der Waals surface area contributed by atoms with Crippen LogP contribution in [-0.4, -0.2) is 40.2 Å². The minimum atomic E-state index is -0.460. The third-order valence-corrected chi connectivity index (χ3v) is 7.56. The van der Waals surface area contributed by atoms with Crippen molar-refractivity contribution in [1.82, 2.24) is 5.01 Å². The summed E-state index contributed by atoms with van der Waals surface area (Å²) in [6.07, 6.45) is 2.75. The maximum atomic E-state index is 12.8. The van der Waals surface area contributed by atoms with Gasteiger partial charge in [-0.2, -0.15) is 15.1 Å². The predicted octanol–water partition coefficient (Wildman–Crippen LogP) is 6.63. The summed E-state index contributed by atoms with van der Waals surface area (Å²) < 4.78 is 11.7. The monoisotopic (exact) mass is 538 g/mol. The van der Waals surface area contributed by atoms with Crippen LogP contribution in [0, 0.1) is 12.3 Å². The third kappa shape index (κ3) is 6.12. The zero-order valence-corrected chi connectivity index (χ0v) is 23.0. The standard InChI is InChI=1S/C31H30N4O3S/c1-4-21(3)23-12-14-25(15-13-23)37-16-17-38-26-7-5-6-22(18-26)19-27-28(32)35-31(33-29(27)36)39-30(34-35)24-10-8-20(2)9-11-24/h5-15,18-19,21,32H,4,16-17H2,1-3H3/b27-19+,32-28?. The zero-order chi connectivity index (χ0) is 27.4. The van der Waals surface area contributed by atoms with E-state index in [0.29, 0.717) is 35.1 Å². The molecule has 0 aromatic heterocycles. The van der Waals surface area contributed by atoms with Crippen molar-refractivity contribution in [2.24, 2.45) is 10.1 Å². The highest BCUT2D eigenvalue weighted by Crippen LogP contribution is 2.31. The van der Waals surface area contributed by atoms with Crippen molar-refractivity contribution < 1.29 is 14.3 Å². The molecule has 7 nitrogen and oxygen atoms in total. The summed E-state index contributed by atoms with van der Waals surface area (Å²) >= 11 is 1.29. The summed E-state index contributed by atoms with van der Waals surface area (Å²) in [5.41, 5.74) is 4.28. The summed E-state index contributed by atoms with van der Waals surface area (Å²) in [5, 5.41) is 15.7. The van der Waals surface area contributed by atoms with E-state index in [-0.39, 0.29) is 11.4 Å². The van der Waals surface area contributed by atoms with E-state index in [1.807, 2.05) is 67.6 Å². The van der Waals surface area contributed by atoms with E-state index < -0.39 is 5.91 Å². The molecule has 0 radical (unpaired) electrons. The Morgan fingerprint density at radius 1 is 1.00 bits per heavy atom. The number of ether oxygens (including phenoxy) is 2. The van der Waals surface area contributed by atoms with Crippen molar-refractivity contribution in [3.8, 4) is 11.5 Å². The van der Waals surface area contributed by atoms with E-state index in [9.17, 15) is 4.79 Å². The Balaban J connectivity index is 1.21. The molecule has 0 saturated carbocycles. The van der Waals surface area contributed by atoms with Gasteiger partial charge in [0.15, 0.2) is 5.84 Å². The van der Waals surface area contributed by atoms with E-state index in [2.05, 4.69) is 36.1 Å². The molecule has 2 aliphatic rings. The normalized spacial score (nSPS) is 16.6. The summed E-state index contributed by atoms with van der Waals surface area (Å²) in [7, 11) is 0. The molecule has 0 aliphatic carbocycles. The van der Waals surface area contributed by atoms with Gasteiger partial charge in [-0.25, -0.2) is 0 Å². The highest BCUT2D eigenvalue weighted by Gasteiger charge is 2.36. The first-order valence-corrected chi connectivity index (χ1v) is 13.8. The number of fused-ring (bicyclic) bond motifs is 1. The SMILES string of the molecule is CCC(C)c1ccc(OCCOc2cccc(/C=C3\C(=N)N4N=C(c5ccc(C)cc5)SC4=NC3=O)c2)cc1. The van der Waals surface area contributed by atoms with Gasteiger partial charge in [0, 0.05) is 5.56 Å². The Morgan fingerprint density at radius 2 is 1.72 bits per heavy atom. The second-order valence-corrected chi connectivity index (χ2v) is 10.4. The van der Waals surface area contributed by atoms with Gasteiger partial charge in [-0.05, 0) is 72.5 Å². The summed E-state index contributed by atoms with van der Waals surface area (Å²) in [6.45, 7) is 7.20. The summed E-state index contributed by atoms with van der Waals surface area (Å²) in [4.78, 5) is 17.0. The Morgan fingerprint density at radius 3 is 2.44 bits per heavy atom. The van der Waals surface area contributed by atoms with Crippen LogP contribution in [-0.2, 0) is 4.79 Å². The number of amides is 1. The van der Waals surface area contributed by atoms with Crippen LogP contribution in [0.2, 0.25) is 0 Å². The van der Waals surface area contributed by atoms with E-state index in [4.69, 9.17) is 14.9 Å². The largest absolute Gasteiger partial charge is 0.490 e. The molecule has 0 spiro atoms. The van der Waals surface area contributed by atoms with E-state index in [1.165, 1.54) is 22.3 Å². The second-order valence-electron chi connectivity index (χ2n) is 9.44. The molecule has 1 atom stereocenters. The van der Waals surface area contributed by atoms with Crippen LogP contribution in [0.1, 0.15) is 48.4 Å². The average molecular weight is 539 g/mol. The number of thioether (sulfide) groups is 1. The molecular weight excluding hydrogens is 508 g/mol. The van der Waals surface area contributed by atoms with Gasteiger partial charge in [0.1, 0.15) is 29.8 Å². The number of amidine groups is 2. The van der Waals surface area contributed by atoms with E-state index in [0.717, 1.165) is 28.9 Å². The fourth-order valence-corrected chi connectivity index (χ4v) is 5.01. The Bertz CT molecular complexity index is 1480. The number of hydrazone groups is 1. The molecule has 2 aliphatic heterocycles. The highest BCUT2D eigenvalue weighted by atomic mass is 32.2. The molecule has 39 heavy (non-hydrogen) atoms. The minimum Gasteiger partial charge on any atom is -0.490 e. The topological polar surface area (TPSA) is 87.3 Å². The molecule has 8 heteroatoms. The number of carbonyl (C=O) groups excluding carboxylic acids is 1. The van der Waals surface area contributed by atoms with Gasteiger partial charge in [0.2, 0.25) is 5.17 Å². The lowest BCUT2D eigenvalue weighted by atomic mass is 9.99. The summed E-state index contributed by atoms with van der Waals surface area (Å²) in [6, 6.07) is 23.5. The van der Waals surface area contributed by atoms with Gasteiger partial charge in [-0.1, -0.05) is 67.9 Å². The van der Waals surface area contributed by atoms with Crippen LogP contribution in [0.5, 0.6) is 11.5 Å². The van der Waals surface area contributed by atoms with Crippen molar-refractivity contribution in [2.45, 2.75) is 33.1 Å². The molecule has 1 N–H and O–H groups in total. The lowest BCUT2D eigenvalue weighted by molar-refractivity contribution is -0.114. The average Bonchev–Trinajstić information content (AvgIpc) is 3.38. The van der Waals surface area contributed by atoms with E-state index >= 15 is 0 Å².